The van der Waals surface area contributed by atoms with Crippen molar-refractivity contribution in [3.8, 4) is 11.1 Å². The number of benzene rings is 2. The van der Waals surface area contributed by atoms with Crippen LogP contribution in [0.5, 0.6) is 0 Å². The van der Waals surface area contributed by atoms with Crippen molar-refractivity contribution >= 4 is 73.7 Å². The molecule has 18 nitrogen and oxygen atoms in total. The molecular formula is C47H45F3N14O4S. The molecule has 4 saturated heterocycles. The van der Waals surface area contributed by atoms with Gasteiger partial charge in [-0.1, -0.05) is 12.1 Å². The fourth-order valence-corrected chi connectivity index (χ4v) is 11.3. The van der Waals surface area contributed by atoms with Gasteiger partial charge in [0.25, 0.3) is 11.8 Å². The van der Waals surface area contributed by atoms with Crippen molar-refractivity contribution < 1.29 is 32.3 Å². The van der Waals surface area contributed by atoms with Gasteiger partial charge in [0, 0.05) is 87.3 Å². The number of anilines is 3. The first-order chi connectivity index (χ1) is 33.3. The van der Waals surface area contributed by atoms with Crippen LogP contribution in [0.15, 0.2) is 72.6 Å². The molecule has 5 aliphatic heterocycles. The van der Waals surface area contributed by atoms with Gasteiger partial charge in [0.15, 0.2) is 22.6 Å². The summed E-state index contributed by atoms with van der Waals surface area (Å²) in [4.78, 5) is 71.6. The number of amides is 5. The zero-order valence-corrected chi connectivity index (χ0v) is 38.1. The van der Waals surface area contributed by atoms with Gasteiger partial charge in [0.2, 0.25) is 11.8 Å². The first kappa shape index (κ1) is 43.1. The number of nitrogens with one attached hydrogen (secondary N) is 2. The number of urea groups is 1. The molecule has 2 unspecified atom stereocenters. The third-order valence-electron chi connectivity index (χ3n) is 14.2. The van der Waals surface area contributed by atoms with Crippen molar-refractivity contribution in [2.45, 2.75) is 50.1 Å². The fourth-order valence-electron chi connectivity index (χ4n) is 10.8. The van der Waals surface area contributed by atoms with Crippen molar-refractivity contribution in [1.29, 1.82) is 0 Å². The number of carbonyl (C=O) groups excluding carboxylic acids is 4. The van der Waals surface area contributed by atoms with Crippen LogP contribution in [-0.4, -0.2) is 131 Å². The highest BCUT2D eigenvalue weighted by Crippen LogP contribution is 2.44. The Balaban J connectivity index is 0.657. The summed E-state index contributed by atoms with van der Waals surface area (Å²) in [6.45, 7) is 3.21. The van der Waals surface area contributed by atoms with Gasteiger partial charge in [-0.2, -0.15) is 10.2 Å². The van der Waals surface area contributed by atoms with Crippen LogP contribution in [0.25, 0.3) is 33.1 Å². The minimum atomic E-state index is -3.15. The number of likely N-dealkylation sites (tertiary alicyclic amines) is 2. The number of aromatic nitrogens is 8. The van der Waals surface area contributed by atoms with Gasteiger partial charge < -0.3 is 14.4 Å². The monoisotopic (exact) mass is 958 g/mol. The van der Waals surface area contributed by atoms with E-state index in [1.807, 2.05) is 34.9 Å². The van der Waals surface area contributed by atoms with E-state index in [1.54, 1.807) is 48.2 Å². The maximum Gasteiger partial charge on any atom is 0.329 e. The molecule has 69 heavy (non-hydrogen) atoms. The minimum absolute atomic E-state index is 0.0604. The SMILES string of the molecule is Cn1nc(N2CCC(=O)NC2=O)c2ccc(C3CCN(CC(=O)N4CC5(C4)CN(c4ccc(-c6cc(F)c7cn(C(C(=O)Nc8nccs8)c8ncn9c8CCC9)nc7c6)cc4)C5)CC3(F)F)nc21. The first-order valence-corrected chi connectivity index (χ1v) is 23.8. The molecule has 10 heterocycles. The topological polar surface area (TPSA) is 185 Å². The number of thiazole rings is 1. The zero-order valence-electron chi connectivity index (χ0n) is 37.3. The highest BCUT2D eigenvalue weighted by Gasteiger charge is 2.54. The van der Waals surface area contributed by atoms with E-state index in [0.29, 0.717) is 58.4 Å². The number of pyridine rings is 1. The van der Waals surface area contributed by atoms with E-state index in [9.17, 15) is 19.2 Å². The minimum Gasteiger partial charge on any atom is -0.370 e. The molecule has 7 aromatic rings. The molecule has 5 aromatic heterocycles. The number of carbonyl (C=O) groups is 4. The molecule has 354 valence electrons. The number of imide groups is 1. The van der Waals surface area contributed by atoms with Crippen molar-refractivity contribution in [3.05, 3.63) is 95.5 Å². The van der Waals surface area contributed by atoms with Crippen LogP contribution >= 0.6 is 11.3 Å². The number of piperidine rings is 1. The first-order valence-electron chi connectivity index (χ1n) is 22.9. The second-order valence-electron chi connectivity index (χ2n) is 18.9. The van der Waals surface area contributed by atoms with E-state index >= 15 is 13.2 Å². The largest absolute Gasteiger partial charge is 0.370 e. The standard InChI is InChI=1S/C47H45F3N14O4S/c1-58-41-30(42(57-58)63-15-11-37(65)54-45(63)68)8-9-34(53-41)32-10-14-59(25-47(32,49)50)20-38(66)62-23-46(24-62)21-61(22-46)29-6-4-27(5-7-29)28-17-33(48)31-19-64(56-35(31)18-28)40(43(67)55-44-51-12-16-69-44)39-36-3-2-13-60(36)26-52-39/h4-9,12,16-19,26,32,40H,2-3,10-11,13-15,20-25H2,1H3,(H,51,55,67)(H,54,65,68). The number of nitrogens with zero attached hydrogens (tertiary/aromatic N) is 12. The Morgan fingerprint density at radius 3 is 2.54 bits per heavy atom. The Hall–Kier alpha value is -7.20. The molecule has 4 fully saturated rings. The summed E-state index contributed by atoms with van der Waals surface area (Å²) in [5.74, 6) is -5.37. The summed E-state index contributed by atoms with van der Waals surface area (Å²) < 4.78 is 52.5. The van der Waals surface area contributed by atoms with Gasteiger partial charge in [-0.15, -0.1) is 11.3 Å². The molecule has 5 aliphatic rings. The highest BCUT2D eigenvalue weighted by atomic mass is 32.1. The Morgan fingerprint density at radius 1 is 0.942 bits per heavy atom. The maximum atomic E-state index is 15.9. The lowest BCUT2D eigenvalue weighted by Crippen LogP contribution is -2.73. The highest BCUT2D eigenvalue weighted by molar-refractivity contribution is 7.13. The Labute approximate surface area is 395 Å². The van der Waals surface area contributed by atoms with Crippen molar-refractivity contribution in [1.82, 2.24) is 54.2 Å². The van der Waals surface area contributed by atoms with Gasteiger partial charge in [0.05, 0.1) is 53.0 Å². The van der Waals surface area contributed by atoms with Gasteiger partial charge in [-0.3, -0.25) is 39.5 Å². The molecule has 12 rings (SSSR count). The molecule has 2 aromatic carbocycles. The maximum absolute atomic E-state index is 15.9. The van der Waals surface area contributed by atoms with E-state index < -0.39 is 36.3 Å². The smallest absolute Gasteiger partial charge is 0.329 e. The molecule has 2 N–H and O–H groups in total. The number of fused-ring (bicyclic) bond motifs is 3. The van der Waals surface area contributed by atoms with Crippen LogP contribution in [0.1, 0.15) is 48.3 Å². The van der Waals surface area contributed by atoms with Crippen LogP contribution in [0.3, 0.4) is 0 Å². The van der Waals surface area contributed by atoms with E-state index in [2.05, 4.69) is 35.6 Å². The molecule has 5 amide bonds. The number of halogens is 3. The predicted octanol–water partition coefficient (Wildman–Crippen LogP) is 5.17. The molecule has 2 atom stereocenters. The summed E-state index contributed by atoms with van der Waals surface area (Å²) in [7, 11) is 1.63. The van der Waals surface area contributed by atoms with E-state index in [-0.39, 0.29) is 60.1 Å². The van der Waals surface area contributed by atoms with Crippen molar-refractivity contribution in [2.24, 2.45) is 12.5 Å². The third-order valence-corrected chi connectivity index (χ3v) is 14.9. The van der Waals surface area contributed by atoms with Crippen molar-refractivity contribution in [3.63, 3.8) is 0 Å². The normalized spacial score (nSPS) is 20.3. The molecule has 0 radical (unpaired) electrons. The molecule has 0 bridgehead atoms. The second-order valence-corrected chi connectivity index (χ2v) is 19.8. The summed E-state index contributed by atoms with van der Waals surface area (Å²) in [6.07, 6.45) is 6.87. The molecule has 1 spiro atoms. The van der Waals surface area contributed by atoms with Crippen LogP contribution in [0, 0.1) is 11.2 Å². The Kier molecular flexibility index (Phi) is 10.1. The van der Waals surface area contributed by atoms with E-state index in [1.165, 1.54) is 36.6 Å². The second kappa shape index (κ2) is 16.2. The summed E-state index contributed by atoms with van der Waals surface area (Å²) in [6, 6.07) is 12.8. The van der Waals surface area contributed by atoms with Gasteiger partial charge in [0.1, 0.15) is 5.82 Å². The number of aryl methyl sites for hydroxylation is 2. The average molecular weight is 959 g/mol. The van der Waals surface area contributed by atoms with Crippen molar-refractivity contribution in [2.75, 3.05) is 67.5 Å². The van der Waals surface area contributed by atoms with Gasteiger partial charge in [-0.25, -0.2) is 37.6 Å². The third kappa shape index (κ3) is 7.56. The molecule has 0 saturated carbocycles. The predicted molar refractivity (Wildman–Crippen MR) is 249 cm³/mol. The molecule has 0 aliphatic carbocycles. The number of hydrogen-bond donors (Lipinski definition) is 2. The van der Waals surface area contributed by atoms with Crippen LogP contribution in [0.4, 0.5) is 34.6 Å². The lowest BCUT2D eigenvalue weighted by atomic mass is 9.72. The van der Waals surface area contributed by atoms with Crippen LogP contribution in [0.2, 0.25) is 0 Å². The quantitative estimate of drug-likeness (QED) is 0.184. The Bertz CT molecular complexity index is 3210. The molecular weight excluding hydrogens is 914 g/mol. The summed E-state index contributed by atoms with van der Waals surface area (Å²) >= 11 is 1.30. The fraction of sp³-hybridized carbons (Fsp3) is 0.383. The van der Waals surface area contributed by atoms with Crippen LogP contribution in [-0.2, 0) is 34.4 Å². The Morgan fingerprint density at radius 2 is 1.77 bits per heavy atom. The number of alkyl halides is 2. The lowest BCUT2D eigenvalue weighted by Gasteiger charge is -2.61. The molecule has 22 heteroatoms. The van der Waals surface area contributed by atoms with E-state index in [4.69, 9.17) is 5.10 Å². The van der Waals surface area contributed by atoms with Crippen LogP contribution < -0.4 is 20.4 Å². The average Bonchev–Trinajstić information content (AvgIpc) is 4.15. The number of imidazole rings is 1. The van der Waals surface area contributed by atoms with Gasteiger partial charge in [-0.05, 0) is 73.3 Å². The lowest BCUT2D eigenvalue weighted by molar-refractivity contribution is -0.149. The zero-order chi connectivity index (χ0) is 47.3. The number of hydrogen-bond acceptors (Lipinski definition) is 12. The summed E-state index contributed by atoms with van der Waals surface area (Å²) in [5.41, 5.74) is 4.90. The van der Waals surface area contributed by atoms with E-state index in [0.717, 1.165) is 49.4 Å². The number of rotatable bonds is 10. The summed E-state index contributed by atoms with van der Waals surface area (Å²) in [5, 5.41) is 17.3. The van der Waals surface area contributed by atoms with Gasteiger partial charge >= 0.3 is 6.03 Å².